The molecule has 2 aromatic carbocycles. The van der Waals surface area contributed by atoms with Gasteiger partial charge in [0.1, 0.15) is 5.75 Å². The van der Waals surface area contributed by atoms with Crippen LogP contribution in [0.15, 0.2) is 48.5 Å². The molecule has 0 aliphatic heterocycles. The molecule has 0 saturated carbocycles. The summed E-state index contributed by atoms with van der Waals surface area (Å²) in [7, 11) is 2.81. The zero-order valence-corrected chi connectivity index (χ0v) is 25.6. The number of hydrogen-bond acceptors (Lipinski definition) is 5. The Morgan fingerprint density at radius 3 is 1.59 bits per heavy atom. The minimum Gasteiger partial charge on any atom is -0.497 e. The maximum absolute atomic E-state index is 13.2. The van der Waals surface area contributed by atoms with E-state index in [1.165, 1.54) is 84.7 Å². The van der Waals surface area contributed by atoms with E-state index in [2.05, 4.69) is 17.6 Å². The molecule has 41 heavy (non-hydrogen) atoms. The molecule has 0 radical (unpaired) electrons. The first kappa shape index (κ1) is 33.9. The van der Waals surface area contributed by atoms with Gasteiger partial charge in [0.2, 0.25) is 11.8 Å². The number of methoxy groups -OCH3 is 2. The van der Waals surface area contributed by atoms with E-state index in [4.69, 9.17) is 9.47 Å². The van der Waals surface area contributed by atoms with Crippen molar-refractivity contribution in [2.24, 2.45) is 0 Å². The first-order chi connectivity index (χ1) is 19.8. The van der Waals surface area contributed by atoms with E-state index in [1.54, 1.807) is 55.6 Å². The van der Waals surface area contributed by atoms with Crippen LogP contribution in [0.4, 0.5) is 11.4 Å². The number of benzene rings is 2. The highest BCUT2D eigenvalue weighted by Gasteiger charge is 2.44. The summed E-state index contributed by atoms with van der Waals surface area (Å²) in [4.78, 5) is 38.3. The summed E-state index contributed by atoms with van der Waals surface area (Å²) >= 11 is 0. The molecule has 226 valence electrons. The van der Waals surface area contributed by atoms with E-state index < -0.39 is 17.3 Å². The molecule has 0 saturated heterocycles. The van der Waals surface area contributed by atoms with Crippen LogP contribution in [0.1, 0.15) is 109 Å². The third-order valence-corrected chi connectivity index (χ3v) is 7.65. The average molecular weight is 567 g/mol. The maximum Gasteiger partial charge on any atom is 0.325 e. The predicted molar refractivity (Wildman–Crippen MR) is 166 cm³/mol. The third kappa shape index (κ3) is 11.6. The fraction of sp³-hybridized carbons (Fsp3) is 0.559. The summed E-state index contributed by atoms with van der Waals surface area (Å²) in [6.45, 7) is 3.79. The van der Waals surface area contributed by atoms with Gasteiger partial charge in [0.25, 0.3) is 0 Å². The lowest BCUT2D eigenvalue weighted by Crippen LogP contribution is -2.45. The average Bonchev–Trinajstić information content (AvgIpc) is 2.99. The van der Waals surface area contributed by atoms with Crippen LogP contribution in [0.25, 0.3) is 0 Å². The second kappa shape index (κ2) is 18.9. The van der Waals surface area contributed by atoms with Crippen LogP contribution in [0.2, 0.25) is 0 Å². The molecule has 2 amide bonds. The summed E-state index contributed by atoms with van der Waals surface area (Å²) in [5.74, 6) is -0.582. The largest absolute Gasteiger partial charge is 0.497 e. The molecule has 0 aromatic heterocycles. The van der Waals surface area contributed by atoms with Crippen LogP contribution in [-0.2, 0) is 24.5 Å². The van der Waals surface area contributed by atoms with Gasteiger partial charge in [0.05, 0.1) is 14.2 Å². The molecule has 0 aliphatic rings. The second-order valence-electron chi connectivity index (χ2n) is 10.9. The number of carbonyl (C=O) groups is 3. The van der Waals surface area contributed by atoms with Crippen molar-refractivity contribution in [2.75, 3.05) is 24.9 Å². The molecule has 7 heteroatoms. The molecule has 0 aliphatic carbocycles. The van der Waals surface area contributed by atoms with E-state index in [9.17, 15) is 14.4 Å². The van der Waals surface area contributed by atoms with Crippen molar-refractivity contribution in [3.05, 3.63) is 54.1 Å². The lowest BCUT2D eigenvalue weighted by molar-refractivity contribution is -0.150. The topological polar surface area (TPSA) is 93.7 Å². The molecule has 7 nitrogen and oxygen atoms in total. The maximum atomic E-state index is 13.2. The van der Waals surface area contributed by atoms with Gasteiger partial charge in [-0.05, 0) is 55.3 Å². The third-order valence-electron chi connectivity index (χ3n) is 7.65. The number of unbranched alkanes of at least 4 members (excludes halogenated alkanes) is 12. The zero-order chi connectivity index (χ0) is 29.9. The quantitative estimate of drug-likeness (QED) is 0.0957. The molecule has 2 N–H and O–H groups in total. The SMILES string of the molecule is CCCCCCCCCCCCCCCC(=O)Nc1ccc(NC(=O)C(C)(C(=O)OC)c2ccc(OC)cc2)cc1. The Balaban J connectivity index is 1.71. The predicted octanol–water partition coefficient (Wildman–Crippen LogP) is 8.18. The first-order valence-corrected chi connectivity index (χ1v) is 15.3. The van der Waals surface area contributed by atoms with E-state index in [-0.39, 0.29) is 5.91 Å². The van der Waals surface area contributed by atoms with Gasteiger partial charge >= 0.3 is 5.97 Å². The molecule has 1 atom stereocenters. The number of ether oxygens (including phenoxy) is 2. The van der Waals surface area contributed by atoms with E-state index in [0.717, 1.165) is 12.8 Å². The number of rotatable bonds is 20. The van der Waals surface area contributed by atoms with E-state index in [1.807, 2.05) is 0 Å². The van der Waals surface area contributed by atoms with Crippen LogP contribution in [0.5, 0.6) is 5.75 Å². The lowest BCUT2D eigenvalue weighted by atomic mass is 9.81. The molecular weight excluding hydrogens is 516 g/mol. The van der Waals surface area contributed by atoms with Crippen LogP contribution < -0.4 is 15.4 Å². The van der Waals surface area contributed by atoms with E-state index >= 15 is 0 Å². The van der Waals surface area contributed by atoms with Crippen molar-refractivity contribution in [3.63, 3.8) is 0 Å². The molecule has 1 unspecified atom stereocenters. The highest BCUT2D eigenvalue weighted by atomic mass is 16.5. The lowest BCUT2D eigenvalue weighted by Gasteiger charge is -2.26. The van der Waals surface area contributed by atoms with Crippen LogP contribution in [0, 0.1) is 0 Å². The number of carbonyl (C=O) groups excluding carboxylic acids is 3. The number of esters is 1. The van der Waals surface area contributed by atoms with Gasteiger partial charge in [-0.15, -0.1) is 0 Å². The van der Waals surface area contributed by atoms with Crippen LogP contribution in [-0.4, -0.2) is 32.0 Å². The Morgan fingerprint density at radius 2 is 1.12 bits per heavy atom. The van der Waals surface area contributed by atoms with Crippen molar-refractivity contribution >= 4 is 29.2 Å². The molecular formula is C34H50N2O5. The van der Waals surface area contributed by atoms with Gasteiger partial charge < -0.3 is 20.1 Å². The standard InChI is InChI=1S/C34H50N2O5/c1-5-6-7-8-9-10-11-12-13-14-15-16-17-18-31(37)35-28-21-23-29(24-22-28)36-32(38)34(2,33(39)41-4)27-19-25-30(40-3)26-20-27/h19-26H,5-18H2,1-4H3,(H,35,37)(H,36,38). The van der Waals surface area contributed by atoms with Crippen molar-refractivity contribution in [1.29, 1.82) is 0 Å². The van der Waals surface area contributed by atoms with Crippen LogP contribution >= 0.6 is 0 Å². The Bertz CT molecular complexity index is 1050. The molecule has 2 rings (SSSR count). The monoisotopic (exact) mass is 566 g/mol. The molecule has 0 fully saturated rings. The van der Waals surface area contributed by atoms with Gasteiger partial charge in [0, 0.05) is 17.8 Å². The van der Waals surface area contributed by atoms with Gasteiger partial charge in [0.15, 0.2) is 5.41 Å². The van der Waals surface area contributed by atoms with Crippen molar-refractivity contribution in [2.45, 2.75) is 109 Å². The second-order valence-corrected chi connectivity index (χ2v) is 10.9. The highest BCUT2D eigenvalue weighted by Crippen LogP contribution is 2.29. The van der Waals surface area contributed by atoms with Gasteiger partial charge in [-0.25, -0.2) is 0 Å². The highest BCUT2D eigenvalue weighted by molar-refractivity contribution is 6.13. The molecule has 2 aromatic rings. The number of anilines is 2. The smallest absolute Gasteiger partial charge is 0.325 e. The fourth-order valence-electron chi connectivity index (χ4n) is 4.89. The normalized spacial score (nSPS) is 12.3. The summed E-state index contributed by atoms with van der Waals surface area (Å²) in [6, 6.07) is 13.6. The number of amides is 2. The Hall–Kier alpha value is -3.35. The van der Waals surface area contributed by atoms with E-state index in [0.29, 0.717) is 29.1 Å². The van der Waals surface area contributed by atoms with Crippen LogP contribution in [0.3, 0.4) is 0 Å². The zero-order valence-electron chi connectivity index (χ0n) is 25.6. The number of hydrogen-bond donors (Lipinski definition) is 2. The fourth-order valence-corrected chi connectivity index (χ4v) is 4.89. The van der Waals surface area contributed by atoms with Crippen molar-refractivity contribution < 1.29 is 23.9 Å². The molecule has 0 spiro atoms. The van der Waals surface area contributed by atoms with Gasteiger partial charge in [-0.1, -0.05) is 96.1 Å². The summed E-state index contributed by atoms with van der Waals surface area (Å²) in [5, 5.41) is 5.72. The Morgan fingerprint density at radius 1 is 0.659 bits per heavy atom. The summed E-state index contributed by atoms with van der Waals surface area (Å²) in [6.07, 6.45) is 17.1. The molecule has 0 heterocycles. The Labute approximate surface area is 246 Å². The Kier molecular flexibility index (Phi) is 15.6. The summed E-state index contributed by atoms with van der Waals surface area (Å²) in [5.41, 5.74) is 0.100. The van der Waals surface area contributed by atoms with Gasteiger partial charge in [-0.2, -0.15) is 0 Å². The van der Waals surface area contributed by atoms with Gasteiger partial charge in [-0.3, -0.25) is 14.4 Å². The first-order valence-electron chi connectivity index (χ1n) is 15.3. The van der Waals surface area contributed by atoms with Crippen molar-refractivity contribution in [3.8, 4) is 5.75 Å². The minimum atomic E-state index is -1.55. The van der Waals surface area contributed by atoms with Crippen molar-refractivity contribution in [1.82, 2.24) is 0 Å². The minimum absolute atomic E-state index is 0.0115. The number of nitrogens with one attached hydrogen (secondary N) is 2. The molecule has 0 bridgehead atoms. The summed E-state index contributed by atoms with van der Waals surface area (Å²) < 4.78 is 10.1.